The monoisotopic (exact) mass is 331 g/mol. The van der Waals surface area contributed by atoms with E-state index in [2.05, 4.69) is 10.3 Å². The number of aromatic nitrogens is 1. The van der Waals surface area contributed by atoms with Gasteiger partial charge in [-0.15, -0.1) is 0 Å². The van der Waals surface area contributed by atoms with Gasteiger partial charge in [0.2, 0.25) is 5.91 Å². The van der Waals surface area contributed by atoms with Crippen molar-refractivity contribution in [1.82, 2.24) is 15.2 Å². The van der Waals surface area contributed by atoms with Crippen molar-refractivity contribution in [1.29, 1.82) is 0 Å². The van der Waals surface area contributed by atoms with Crippen LogP contribution in [0.1, 0.15) is 66.7 Å². The number of rotatable bonds is 3. The molecule has 2 amide bonds. The number of piperidine rings is 1. The lowest BCUT2D eigenvalue weighted by Gasteiger charge is -2.33. The first-order valence-electron chi connectivity index (χ1n) is 9.30. The van der Waals surface area contributed by atoms with Crippen LogP contribution in [0, 0.1) is 19.8 Å². The van der Waals surface area contributed by atoms with Gasteiger partial charge in [0.1, 0.15) is 5.69 Å². The van der Waals surface area contributed by atoms with E-state index in [1.54, 1.807) is 0 Å². The summed E-state index contributed by atoms with van der Waals surface area (Å²) in [7, 11) is 0. The molecule has 2 fully saturated rings. The van der Waals surface area contributed by atoms with Gasteiger partial charge in [-0.2, -0.15) is 0 Å². The highest BCUT2D eigenvalue weighted by Crippen LogP contribution is 2.22. The number of hydrogen-bond acceptors (Lipinski definition) is 2. The van der Waals surface area contributed by atoms with Gasteiger partial charge < -0.3 is 15.2 Å². The van der Waals surface area contributed by atoms with Crippen LogP contribution in [0.5, 0.6) is 0 Å². The number of aromatic amines is 1. The molecular formula is C19H29N3O2. The maximum atomic E-state index is 12.8. The highest BCUT2D eigenvalue weighted by molar-refractivity contribution is 5.94. The van der Waals surface area contributed by atoms with Gasteiger partial charge in [0.15, 0.2) is 0 Å². The molecule has 2 aliphatic rings. The molecule has 1 saturated carbocycles. The molecule has 1 atom stereocenters. The topological polar surface area (TPSA) is 65.2 Å². The van der Waals surface area contributed by atoms with Crippen LogP contribution in [0.3, 0.4) is 0 Å². The molecule has 2 heterocycles. The molecule has 3 rings (SSSR count). The highest BCUT2D eigenvalue weighted by atomic mass is 16.2. The Kier molecular flexibility index (Phi) is 5.27. The first-order valence-corrected chi connectivity index (χ1v) is 9.30. The maximum absolute atomic E-state index is 12.8. The van der Waals surface area contributed by atoms with Gasteiger partial charge >= 0.3 is 0 Å². The number of likely N-dealkylation sites (tertiary alicyclic amines) is 1. The summed E-state index contributed by atoms with van der Waals surface area (Å²) < 4.78 is 0. The molecular weight excluding hydrogens is 302 g/mol. The SMILES string of the molecule is Cc1cc(C)c(C(=O)N2CCC[C@H](C(=O)NC3CCCCC3)C2)[nH]1. The molecule has 0 unspecified atom stereocenters. The zero-order valence-electron chi connectivity index (χ0n) is 14.9. The Morgan fingerprint density at radius 3 is 2.54 bits per heavy atom. The molecule has 1 aromatic rings. The third-order valence-corrected chi connectivity index (χ3v) is 5.39. The largest absolute Gasteiger partial charge is 0.354 e. The zero-order chi connectivity index (χ0) is 17.1. The van der Waals surface area contributed by atoms with Crippen molar-refractivity contribution in [3.8, 4) is 0 Å². The minimum absolute atomic E-state index is 0.0239. The predicted molar refractivity (Wildman–Crippen MR) is 93.9 cm³/mol. The summed E-state index contributed by atoms with van der Waals surface area (Å²) >= 11 is 0. The average Bonchev–Trinajstić information content (AvgIpc) is 2.93. The predicted octanol–water partition coefficient (Wildman–Crippen LogP) is 2.93. The maximum Gasteiger partial charge on any atom is 0.270 e. The zero-order valence-corrected chi connectivity index (χ0v) is 14.9. The summed E-state index contributed by atoms with van der Waals surface area (Å²) in [6.45, 7) is 5.19. The fraction of sp³-hybridized carbons (Fsp3) is 0.684. The molecule has 1 aliphatic carbocycles. The van der Waals surface area contributed by atoms with Crippen LogP contribution in [0.25, 0.3) is 0 Å². The second-order valence-electron chi connectivity index (χ2n) is 7.44. The number of amides is 2. The van der Waals surface area contributed by atoms with Crippen molar-refractivity contribution in [3.63, 3.8) is 0 Å². The van der Waals surface area contributed by atoms with E-state index in [1.807, 2.05) is 24.8 Å². The highest BCUT2D eigenvalue weighted by Gasteiger charge is 2.31. The summed E-state index contributed by atoms with van der Waals surface area (Å²) in [6.07, 6.45) is 7.69. The fourth-order valence-corrected chi connectivity index (χ4v) is 4.05. The van der Waals surface area contributed by atoms with Crippen LogP contribution in [0.15, 0.2) is 6.07 Å². The van der Waals surface area contributed by atoms with Crippen LogP contribution < -0.4 is 5.32 Å². The summed E-state index contributed by atoms with van der Waals surface area (Å²) in [6, 6.07) is 2.33. The van der Waals surface area contributed by atoms with E-state index in [0.717, 1.165) is 43.5 Å². The minimum Gasteiger partial charge on any atom is -0.354 e. The quantitative estimate of drug-likeness (QED) is 0.894. The molecule has 5 heteroatoms. The third-order valence-electron chi connectivity index (χ3n) is 5.39. The standard InChI is InChI=1S/C19H29N3O2/c1-13-11-14(2)20-17(13)19(24)22-10-6-7-15(12-22)18(23)21-16-8-4-3-5-9-16/h11,15-16,20H,3-10,12H2,1-2H3,(H,21,23)/t15-/m0/s1. The Hall–Kier alpha value is -1.78. The average molecular weight is 331 g/mol. The first-order chi connectivity index (χ1) is 11.5. The second-order valence-corrected chi connectivity index (χ2v) is 7.44. The van der Waals surface area contributed by atoms with Gasteiger partial charge in [-0.05, 0) is 51.2 Å². The summed E-state index contributed by atoms with van der Waals surface area (Å²) in [4.78, 5) is 30.3. The first kappa shape index (κ1) is 17.1. The Morgan fingerprint density at radius 2 is 1.88 bits per heavy atom. The van der Waals surface area contributed by atoms with Crippen molar-refractivity contribution in [2.75, 3.05) is 13.1 Å². The van der Waals surface area contributed by atoms with Crippen molar-refractivity contribution in [3.05, 3.63) is 23.0 Å². The molecule has 0 spiro atoms. The van der Waals surface area contributed by atoms with E-state index in [4.69, 9.17) is 0 Å². The molecule has 0 bridgehead atoms. The van der Waals surface area contributed by atoms with E-state index in [0.29, 0.717) is 18.3 Å². The smallest absolute Gasteiger partial charge is 0.270 e. The van der Waals surface area contributed by atoms with Gasteiger partial charge in [0.25, 0.3) is 5.91 Å². The van der Waals surface area contributed by atoms with Crippen LogP contribution in [0.2, 0.25) is 0 Å². The van der Waals surface area contributed by atoms with Gasteiger partial charge in [-0.25, -0.2) is 0 Å². The number of hydrogen-bond donors (Lipinski definition) is 2. The molecule has 1 aliphatic heterocycles. The Labute approximate surface area is 144 Å². The van der Waals surface area contributed by atoms with Gasteiger partial charge in [0.05, 0.1) is 5.92 Å². The number of aryl methyl sites for hydroxylation is 2. The van der Waals surface area contributed by atoms with Crippen LogP contribution in [-0.4, -0.2) is 40.8 Å². The van der Waals surface area contributed by atoms with E-state index in [-0.39, 0.29) is 17.7 Å². The molecule has 0 radical (unpaired) electrons. The lowest BCUT2D eigenvalue weighted by Crippen LogP contribution is -2.48. The molecule has 1 saturated heterocycles. The van der Waals surface area contributed by atoms with Crippen molar-refractivity contribution in [2.24, 2.45) is 5.92 Å². The molecule has 24 heavy (non-hydrogen) atoms. The minimum atomic E-state index is -0.0685. The number of H-pyrrole nitrogens is 1. The number of carbonyl (C=O) groups is 2. The van der Waals surface area contributed by atoms with Gasteiger partial charge in [0, 0.05) is 24.8 Å². The molecule has 2 N–H and O–H groups in total. The summed E-state index contributed by atoms with van der Waals surface area (Å²) in [5, 5.41) is 3.22. The molecule has 1 aromatic heterocycles. The number of carbonyl (C=O) groups excluding carboxylic acids is 2. The normalized spacial score (nSPS) is 22.4. The Bertz CT molecular complexity index is 602. The van der Waals surface area contributed by atoms with Crippen LogP contribution in [-0.2, 0) is 4.79 Å². The number of nitrogens with one attached hydrogen (secondary N) is 2. The van der Waals surface area contributed by atoms with Gasteiger partial charge in [-0.1, -0.05) is 19.3 Å². The van der Waals surface area contributed by atoms with E-state index < -0.39 is 0 Å². The van der Waals surface area contributed by atoms with Crippen molar-refractivity contribution < 1.29 is 9.59 Å². The van der Waals surface area contributed by atoms with Crippen molar-refractivity contribution >= 4 is 11.8 Å². The molecule has 5 nitrogen and oxygen atoms in total. The second kappa shape index (κ2) is 7.41. The van der Waals surface area contributed by atoms with Crippen LogP contribution >= 0.6 is 0 Å². The fourth-order valence-electron chi connectivity index (χ4n) is 4.05. The summed E-state index contributed by atoms with van der Waals surface area (Å²) in [5.74, 6) is 0.0931. The summed E-state index contributed by atoms with van der Waals surface area (Å²) in [5.41, 5.74) is 2.64. The van der Waals surface area contributed by atoms with E-state index in [9.17, 15) is 9.59 Å². The molecule has 132 valence electrons. The van der Waals surface area contributed by atoms with Gasteiger partial charge in [-0.3, -0.25) is 9.59 Å². The van der Waals surface area contributed by atoms with Crippen molar-refractivity contribution in [2.45, 2.75) is 64.8 Å². The lowest BCUT2D eigenvalue weighted by molar-refractivity contribution is -0.127. The van der Waals surface area contributed by atoms with E-state index in [1.165, 1.54) is 19.3 Å². The van der Waals surface area contributed by atoms with Crippen LogP contribution in [0.4, 0.5) is 0 Å². The number of nitrogens with zero attached hydrogens (tertiary/aromatic N) is 1. The Balaban J connectivity index is 1.60. The molecule has 0 aromatic carbocycles. The van der Waals surface area contributed by atoms with E-state index >= 15 is 0 Å². The lowest BCUT2D eigenvalue weighted by atomic mass is 9.93. The third kappa shape index (κ3) is 3.82. The Morgan fingerprint density at radius 1 is 1.12 bits per heavy atom.